The average molecular weight is 335 g/mol. The highest BCUT2D eigenvalue weighted by Crippen LogP contribution is 2.24. The highest BCUT2D eigenvalue weighted by atomic mass is 79.9. The van der Waals surface area contributed by atoms with Gasteiger partial charge in [0.15, 0.2) is 0 Å². The maximum absolute atomic E-state index is 12.0. The van der Waals surface area contributed by atoms with Crippen molar-refractivity contribution in [1.82, 2.24) is 0 Å². The summed E-state index contributed by atoms with van der Waals surface area (Å²) in [6.07, 6.45) is 0.311. The molecule has 2 aromatic rings. The molecule has 5 heteroatoms. The van der Waals surface area contributed by atoms with Crippen LogP contribution < -0.4 is 15.8 Å². The van der Waals surface area contributed by atoms with E-state index in [0.717, 1.165) is 10.0 Å². The van der Waals surface area contributed by atoms with Gasteiger partial charge in [-0.25, -0.2) is 0 Å². The van der Waals surface area contributed by atoms with Crippen LogP contribution in [0.3, 0.4) is 0 Å². The third-order valence-corrected chi connectivity index (χ3v) is 3.26. The highest BCUT2D eigenvalue weighted by molar-refractivity contribution is 9.10. The first-order chi connectivity index (χ1) is 9.58. The molecule has 0 radical (unpaired) electrons. The summed E-state index contributed by atoms with van der Waals surface area (Å²) in [4.78, 5) is 12.0. The molecule has 0 aromatic heterocycles. The lowest BCUT2D eigenvalue weighted by atomic mass is 10.1. The van der Waals surface area contributed by atoms with Gasteiger partial charge in [-0.15, -0.1) is 0 Å². The molecule has 0 bridgehead atoms. The van der Waals surface area contributed by atoms with Gasteiger partial charge in [0.2, 0.25) is 5.91 Å². The molecule has 2 rings (SSSR count). The van der Waals surface area contributed by atoms with Gasteiger partial charge < -0.3 is 15.8 Å². The zero-order chi connectivity index (χ0) is 14.5. The fourth-order valence-electron chi connectivity index (χ4n) is 1.85. The molecule has 3 N–H and O–H groups in total. The summed E-state index contributed by atoms with van der Waals surface area (Å²) in [6.45, 7) is 0. The molecule has 0 spiro atoms. The van der Waals surface area contributed by atoms with Crippen molar-refractivity contribution in [1.29, 1.82) is 0 Å². The Hall–Kier alpha value is -2.01. The Morgan fingerprint density at radius 2 is 2.10 bits per heavy atom. The number of benzene rings is 2. The quantitative estimate of drug-likeness (QED) is 0.843. The molecule has 0 aliphatic rings. The number of carbonyl (C=O) groups excluding carboxylic acids is 1. The Morgan fingerprint density at radius 1 is 1.30 bits per heavy atom. The van der Waals surface area contributed by atoms with Crippen LogP contribution in [0.1, 0.15) is 5.56 Å². The summed E-state index contributed by atoms with van der Waals surface area (Å²) < 4.78 is 6.03. The largest absolute Gasteiger partial charge is 0.495 e. The Bertz CT molecular complexity index is 629. The molecule has 0 unspecified atom stereocenters. The first-order valence-corrected chi connectivity index (χ1v) is 6.85. The van der Waals surface area contributed by atoms with E-state index in [4.69, 9.17) is 10.5 Å². The van der Waals surface area contributed by atoms with Gasteiger partial charge >= 0.3 is 0 Å². The molecular weight excluding hydrogens is 320 g/mol. The third-order valence-electron chi connectivity index (χ3n) is 2.77. The van der Waals surface area contributed by atoms with Crippen LogP contribution in [0.4, 0.5) is 11.4 Å². The topological polar surface area (TPSA) is 64.3 Å². The fourth-order valence-corrected chi connectivity index (χ4v) is 2.30. The predicted octanol–water partition coefficient (Wildman–Crippen LogP) is 3.22. The molecular formula is C15H15BrN2O2. The molecule has 1 amide bonds. The van der Waals surface area contributed by atoms with Crippen LogP contribution in [0.5, 0.6) is 5.75 Å². The summed E-state index contributed by atoms with van der Waals surface area (Å²) in [6, 6.07) is 12.8. The third kappa shape index (κ3) is 3.74. The van der Waals surface area contributed by atoms with Gasteiger partial charge in [-0.1, -0.05) is 28.1 Å². The zero-order valence-corrected chi connectivity index (χ0v) is 12.6. The van der Waals surface area contributed by atoms with Crippen molar-refractivity contribution in [3.63, 3.8) is 0 Å². The normalized spacial score (nSPS) is 10.1. The number of halogens is 1. The minimum absolute atomic E-state index is 0.0901. The van der Waals surface area contributed by atoms with E-state index in [9.17, 15) is 4.79 Å². The van der Waals surface area contributed by atoms with Crippen molar-refractivity contribution >= 4 is 33.2 Å². The Morgan fingerprint density at radius 3 is 2.75 bits per heavy atom. The highest BCUT2D eigenvalue weighted by Gasteiger charge is 2.06. The molecule has 0 fully saturated rings. The van der Waals surface area contributed by atoms with Gasteiger partial charge in [-0.3, -0.25) is 4.79 Å². The van der Waals surface area contributed by atoms with Gasteiger partial charge in [0.25, 0.3) is 0 Å². The van der Waals surface area contributed by atoms with Gasteiger partial charge in [-0.2, -0.15) is 0 Å². The number of nitrogens with two attached hydrogens (primary N) is 1. The predicted molar refractivity (Wildman–Crippen MR) is 83.9 cm³/mol. The van der Waals surface area contributed by atoms with Crippen LogP contribution in [0.2, 0.25) is 0 Å². The van der Waals surface area contributed by atoms with Gasteiger partial charge in [0.05, 0.1) is 19.2 Å². The summed E-state index contributed by atoms with van der Waals surface area (Å²) in [7, 11) is 1.55. The van der Waals surface area contributed by atoms with E-state index >= 15 is 0 Å². The van der Waals surface area contributed by atoms with Crippen LogP contribution in [0.15, 0.2) is 46.9 Å². The van der Waals surface area contributed by atoms with E-state index in [0.29, 0.717) is 23.5 Å². The van der Waals surface area contributed by atoms with Crippen molar-refractivity contribution in [2.45, 2.75) is 6.42 Å². The number of amides is 1. The SMILES string of the molecule is COc1ccc(NC(=O)Cc2cccc(Br)c2)cc1N. The molecule has 4 nitrogen and oxygen atoms in total. The number of nitrogens with one attached hydrogen (secondary N) is 1. The number of ether oxygens (including phenoxy) is 1. The molecule has 0 heterocycles. The Balaban J connectivity index is 2.03. The summed E-state index contributed by atoms with van der Waals surface area (Å²) in [5.74, 6) is 0.502. The molecule has 0 aliphatic carbocycles. The van der Waals surface area contributed by atoms with E-state index in [2.05, 4.69) is 21.2 Å². The zero-order valence-electron chi connectivity index (χ0n) is 11.0. The number of anilines is 2. The number of hydrogen-bond donors (Lipinski definition) is 2. The molecule has 2 aromatic carbocycles. The van der Waals surface area contributed by atoms with E-state index in [-0.39, 0.29) is 5.91 Å². The van der Waals surface area contributed by atoms with E-state index in [1.54, 1.807) is 25.3 Å². The van der Waals surface area contributed by atoms with Crippen LogP contribution in [0.25, 0.3) is 0 Å². The first kappa shape index (κ1) is 14.4. The second-order valence-corrected chi connectivity index (χ2v) is 5.23. The molecule has 0 saturated heterocycles. The average Bonchev–Trinajstić information content (AvgIpc) is 2.38. The Kier molecular flexibility index (Phi) is 4.63. The molecule has 0 aliphatic heterocycles. The molecule has 104 valence electrons. The minimum atomic E-state index is -0.0901. The lowest BCUT2D eigenvalue weighted by Gasteiger charge is -2.09. The van der Waals surface area contributed by atoms with E-state index < -0.39 is 0 Å². The Labute approximate surface area is 126 Å². The van der Waals surface area contributed by atoms with Crippen molar-refractivity contribution in [2.24, 2.45) is 0 Å². The second-order valence-electron chi connectivity index (χ2n) is 4.31. The fraction of sp³-hybridized carbons (Fsp3) is 0.133. The number of carbonyl (C=O) groups is 1. The smallest absolute Gasteiger partial charge is 0.228 e. The van der Waals surface area contributed by atoms with E-state index in [1.807, 2.05) is 24.3 Å². The number of methoxy groups -OCH3 is 1. The lowest BCUT2D eigenvalue weighted by molar-refractivity contribution is -0.115. The molecule has 20 heavy (non-hydrogen) atoms. The van der Waals surface area contributed by atoms with Crippen LogP contribution >= 0.6 is 15.9 Å². The van der Waals surface area contributed by atoms with Gasteiger partial charge in [-0.05, 0) is 35.9 Å². The van der Waals surface area contributed by atoms with Gasteiger partial charge in [0.1, 0.15) is 5.75 Å². The van der Waals surface area contributed by atoms with Crippen molar-refractivity contribution in [3.8, 4) is 5.75 Å². The first-order valence-electron chi connectivity index (χ1n) is 6.06. The van der Waals surface area contributed by atoms with Crippen molar-refractivity contribution in [2.75, 3.05) is 18.2 Å². The van der Waals surface area contributed by atoms with E-state index in [1.165, 1.54) is 0 Å². The summed E-state index contributed by atoms with van der Waals surface area (Å²) in [5, 5.41) is 2.81. The number of nitrogen functional groups attached to an aromatic ring is 1. The maximum Gasteiger partial charge on any atom is 0.228 e. The molecule has 0 saturated carbocycles. The number of rotatable bonds is 4. The van der Waals surface area contributed by atoms with Crippen molar-refractivity contribution in [3.05, 3.63) is 52.5 Å². The van der Waals surface area contributed by atoms with Crippen LogP contribution in [-0.2, 0) is 11.2 Å². The maximum atomic E-state index is 12.0. The van der Waals surface area contributed by atoms with Crippen LogP contribution in [0, 0.1) is 0 Å². The van der Waals surface area contributed by atoms with Gasteiger partial charge in [0, 0.05) is 10.2 Å². The number of hydrogen-bond acceptors (Lipinski definition) is 3. The summed E-state index contributed by atoms with van der Waals surface area (Å²) in [5.41, 5.74) is 7.89. The van der Waals surface area contributed by atoms with Crippen molar-refractivity contribution < 1.29 is 9.53 Å². The lowest BCUT2D eigenvalue weighted by Crippen LogP contribution is -2.14. The summed E-state index contributed by atoms with van der Waals surface area (Å²) >= 11 is 3.38. The molecule has 0 atom stereocenters. The monoisotopic (exact) mass is 334 g/mol. The second kappa shape index (κ2) is 6.43. The standard InChI is InChI=1S/C15H15BrN2O2/c1-20-14-6-5-12(9-13(14)17)18-15(19)8-10-3-2-4-11(16)7-10/h2-7,9H,8,17H2,1H3,(H,18,19). The van der Waals surface area contributed by atoms with Crippen LogP contribution in [-0.4, -0.2) is 13.0 Å². The minimum Gasteiger partial charge on any atom is -0.495 e.